The highest BCUT2D eigenvalue weighted by molar-refractivity contribution is 5.79. The fourth-order valence-corrected chi connectivity index (χ4v) is 2.37. The summed E-state index contributed by atoms with van der Waals surface area (Å²) >= 11 is 0. The number of halogens is 1. The van der Waals surface area contributed by atoms with E-state index in [9.17, 15) is 9.50 Å². The standard InChI is InChI=1S/C20H16FNO/c1-14-5-11-19(16-7-9-18(23)10-8-16)20(22-14)12-6-15-3-2-4-17(21)13-15/h2-13,23H,1H3. The van der Waals surface area contributed by atoms with Gasteiger partial charge in [0.15, 0.2) is 0 Å². The Morgan fingerprint density at radius 2 is 1.74 bits per heavy atom. The summed E-state index contributed by atoms with van der Waals surface area (Å²) in [6, 6.07) is 17.4. The van der Waals surface area contributed by atoms with Crippen LogP contribution in [0.2, 0.25) is 0 Å². The quantitative estimate of drug-likeness (QED) is 0.732. The molecule has 0 radical (unpaired) electrons. The van der Waals surface area contributed by atoms with E-state index < -0.39 is 0 Å². The van der Waals surface area contributed by atoms with Crippen LogP contribution in [0.4, 0.5) is 4.39 Å². The number of benzene rings is 2. The molecule has 3 rings (SSSR count). The third-order valence-electron chi connectivity index (χ3n) is 3.52. The normalized spacial score (nSPS) is 11.0. The Hall–Kier alpha value is -2.94. The Labute approximate surface area is 134 Å². The highest BCUT2D eigenvalue weighted by Gasteiger charge is 2.05. The number of pyridine rings is 1. The molecule has 1 aromatic heterocycles. The lowest BCUT2D eigenvalue weighted by Gasteiger charge is -2.07. The summed E-state index contributed by atoms with van der Waals surface area (Å²) in [6.45, 7) is 1.93. The molecule has 3 aromatic rings. The number of hydrogen-bond acceptors (Lipinski definition) is 2. The first-order chi connectivity index (χ1) is 11.1. The zero-order valence-electron chi connectivity index (χ0n) is 12.7. The Bertz CT molecular complexity index is 854. The molecule has 0 atom stereocenters. The van der Waals surface area contributed by atoms with Crippen molar-refractivity contribution in [3.63, 3.8) is 0 Å². The van der Waals surface area contributed by atoms with E-state index in [1.165, 1.54) is 12.1 Å². The van der Waals surface area contributed by atoms with Crippen molar-refractivity contribution in [2.45, 2.75) is 6.92 Å². The molecule has 0 saturated heterocycles. The minimum atomic E-state index is -0.261. The first-order valence-electron chi connectivity index (χ1n) is 7.32. The van der Waals surface area contributed by atoms with Gasteiger partial charge in [-0.15, -0.1) is 0 Å². The summed E-state index contributed by atoms with van der Waals surface area (Å²) < 4.78 is 13.3. The smallest absolute Gasteiger partial charge is 0.123 e. The van der Waals surface area contributed by atoms with Gasteiger partial charge in [0.05, 0.1) is 5.69 Å². The van der Waals surface area contributed by atoms with Gasteiger partial charge in [0.25, 0.3) is 0 Å². The summed E-state index contributed by atoms with van der Waals surface area (Å²) in [7, 11) is 0. The van der Waals surface area contributed by atoms with E-state index in [1.54, 1.807) is 18.2 Å². The zero-order valence-corrected chi connectivity index (χ0v) is 12.7. The average molecular weight is 305 g/mol. The van der Waals surface area contributed by atoms with Crippen LogP contribution in [0.25, 0.3) is 23.3 Å². The van der Waals surface area contributed by atoms with Crippen LogP contribution in [0.1, 0.15) is 17.0 Å². The molecule has 0 bridgehead atoms. The third kappa shape index (κ3) is 3.64. The number of aromatic hydroxyl groups is 1. The molecule has 1 N–H and O–H groups in total. The molecule has 114 valence electrons. The number of hydrogen-bond donors (Lipinski definition) is 1. The van der Waals surface area contributed by atoms with E-state index in [0.717, 1.165) is 28.1 Å². The number of rotatable bonds is 3. The Balaban J connectivity index is 2.01. The SMILES string of the molecule is Cc1ccc(-c2ccc(O)cc2)c(C=Cc2cccc(F)c2)n1. The van der Waals surface area contributed by atoms with E-state index in [0.29, 0.717) is 0 Å². The fourth-order valence-electron chi connectivity index (χ4n) is 2.37. The minimum Gasteiger partial charge on any atom is -0.508 e. The van der Waals surface area contributed by atoms with Crippen LogP contribution in [0.5, 0.6) is 5.75 Å². The van der Waals surface area contributed by atoms with Gasteiger partial charge in [0.1, 0.15) is 11.6 Å². The summed E-state index contributed by atoms with van der Waals surface area (Å²) in [6.07, 6.45) is 3.72. The maximum Gasteiger partial charge on any atom is 0.123 e. The van der Waals surface area contributed by atoms with Crippen LogP contribution in [-0.4, -0.2) is 10.1 Å². The number of aromatic nitrogens is 1. The van der Waals surface area contributed by atoms with Crippen molar-refractivity contribution in [3.05, 3.63) is 83.4 Å². The number of aryl methyl sites for hydroxylation is 1. The average Bonchev–Trinajstić information content (AvgIpc) is 2.54. The molecule has 0 saturated carbocycles. The van der Waals surface area contributed by atoms with Crippen molar-refractivity contribution in [2.24, 2.45) is 0 Å². The van der Waals surface area contributed by atoms with Gasteiger partial charge in [-0.3, -0.25) is 4.98 Å². The van der Waals surface area contributed by atoms with Crippen LogP contribution in [-0.2, 0) is 0 Å². The van der Waals surface area contributed by atoms with E-state index in [4.69, 9.17) is 0 Å². The first-order valence-corrected chi connectivity index (χ1v) is 7.32. The Morgan fingerprint density at radius 1 is 0.957 bits per heavy atom. The zero-order chi connectivity index (χ0) is 16.2. The van der Waals surface area contributed by atoms with Crippen LogP contribution >= 0.6 is 0 Å². The lowest BCUT2D eigenvalue weighted by molar-refractivity contribution is 0.475. The van der Waals surface area contributed by atoms with Crippen LogP contribution in [0, 0.1) is 12.7 Å². The predicted molar refractivity (Wildman–Crippen MR) is 91.4 cm³/mol. The molecule has 0 fully saturated rings. The molecule has 23 heavy (non-hydrogen) atoms. The molecule has 0 aliphatic rings. The maximum atomic E-state index is 13.3. The lowest BCUT2D eigenvalue weighted by atomic mass is 10.0. The number of phenolic OH excluding ortho intramolecular Hbond substituents is 1. The van der Waals surface area contributed by atoms with Crippen molar-refractivity contribution in [1.82, 2.24) is 4.98 Å². The highest BCUT2D eigenvalue weighted by atomic mass is 19.1. The molecule has 0 amide bonds. The van der Waals surface area contributed by atoms with Crippen molar-refractivity contribution in [1.29, 1.82) is 0 Å². The summed E-state index contributed by atoms with van der Waals surface area (Å²) in [4.78, 5) is 4.57. The summed E-state index contributed by atoms with van der Waals surface area (Å²) in [5.74, 6) is -0.0335. The molecule has 0 aliphatic carbocycles. The van der Waals surface area contributed by atoms with Crippen LogP contribution in [0.3, 0.4) is 0 Å². The number of nitrogens with zero attached hydrogens (tertiary/aromatic N) is 1. The highest BCUT2D eigenvalue weighted by Crippen LogP contribution is 2.26. The lowest BCUT2D eigenvalue weighted by Crippen LogP contribution is -1.90. The Kier molecular flexibility index (Phi) is 4.20. The monoisotopic (exact) mass is 305 g/mol. The predicted octanol–water partition coefficient (Wildman–Crippen LogP) is 5.07. The van der Waals surface area contributed by atoms with Gasteiger partial charge in [-0.1, -0.05) is 36.4 Å². The van der Waals surface area contributed by atoms with Gasteiger partial charge in [-0.05, 0) is 54.5 Å². The first kappa shape index (κ1) is 15.0. The largest absolute Gasteiger partial charge is 0.508 e. The van der Waals surface area contributed by atoms with Crippen LogP contribution < -0.4 is 0 Å². The van der Waals surface area contributed by atoms with Gasteiger partial charge < -0.3 is 5.11 Å². The molecule has 2 nitrogen and oxygen atoms in total. The molecule has 2 aromatic carbocycles. The molecule has 0 aliphatic heterocycles. The molecule has 0 spiro atoms. The molecule has 0 unspecified atom stereocenters. The second-order valence-electron chi connectivity index (χ2n) is 5.32. The minimum absolute atomic E-state index is 0.227. The van der Waals surface area contributed by atoms with Crippen molar-refractivity contribution in [2.75, 3.05) is 0 Å². The fraction of sp³-hybridized carbons (Fsp3) is 0.0500. The van der Waals surface area contributed by atoms with Gasteiger partial charge in [0.2, 0.25) is 0 Å². The van der Waals surface area contributed by atoms with E-state index in [-0.39, 0.29) is 11.6 Å². The van der Waals surface area contributed by atoms with Gasteiger partial charge >= 0.3 is 0 Å². The molecular weight excluding hydrogens is 289 g/mol. The van der Waals surface area contributed by atoms with E-state index in [2.05, 4.69) is 4.98 Å². The number of phenols is 1. The van der Waals surface area contributed by atoms with Gasteiger partial charge in [0, 0.05) is 11.3 Å². The second-order valence-corrected chi connectivity index (χ2v) is 5.32. The molecular formula is C20H16FNO. The van der Waals surface area contributed by atoms with Gasteiger partial charge in [-0.2, -0.15) is 0 Å². The van der Waals surface area contributed by atoms with Crippen molar-refractivity contribution in [3.8, 4) is 16.9 Å². The van der Waals surface area contributed by atoms with Crippen molar-refractivity contribution >= 4 is 12.2 Å². The topological polar surface area (TPSA) is 33.1 Å². The molecule has 3 heteroatoms. The van der Waals surface area contributed by atoms with E-state index in [1.807, 2.05) is 49.4 Å². The third-order valence-corrected chi connectivity index (χ3v) is 3.52. The van der Waals surface area contributed by atoms with E-state index >= 15 is 0 Å². The molecule has 1 heterocycles. The summed E-state index contributed by atoms with van der Waals surface area (Å²) in [5, 5.41) is 9.43. The van der Waals surface area contributed by atoms with Crippen molar-refractivity contribution < 1.29 is 9.50 Å². The second kappa shape index (κ2) is 6.44. The summed E-state index contributed by atoms with van der Waals surface area (Å²) in [5.41, 5.74) is 4.42. The van der Waals surface area contributed by atoms with Crippen LogP contribution in [0.15, 0.2) is 60.7 Å². The maximum absolute atomic E-state index is 13.3. The van der Waals surface area contributed by atoms with Gasteiger partial charge in [-0.25, -0.2) is 4.39 Å². The Morgan fingerprint density at radius 3 is 2.48 bits per heavy atom.